The highest BCUT2D eigenvalue weighted by molar-refractivity contribution is 5.69. The first-order chi connectivity index (χ1) is 15.9. The number of esters is 1. The van der Waals surface area contributed by atoms with Crippen molar-refractivity contribution in [3.8, 4) is 5.75 Å². The van der Waals surface area contributed by atoms with Crippen LogP contribution in [0.3, 0.4) is 0 Å². The Hall–Kier alpha value is -1.51. The van der Waals surface area contributed by atoms with E-state index in [1.807, 2.05) is 19.1 Å². The molecule has 3 heteroatoms. The van der Waals surface area contributed by atoms with Gasteiger partial charge >= 0.3 is 5.97 Å². The van der Waals surface area contributed by atoms with Crippen LogP contribution in [0.5, 0.6) is 5.75 Å². The van der Waals surface area contributed by atoms with E-state index in [1.54, 1.807) is 6.07 Å². The second kappa shape index (κ2) is 6.90. The van der Waals surface area contributed by atoms with Gasteiger partial charge in [-0.2, -0.15) is 0 Å². The number of aryl methyl sites for hydroxylation is 1. The van der Waals surface area contributed by atoms with Crippen molar-refractivity contribution in [2.75, 3.05) is 0 Å². The summed E-state index contributed by atoms with van der Waals surface area (Å²) in [5.41, 5.74) is 1.98. The predicted molar refractivity (Wildman–Crippen MR) is 102 cm³/mol. The lowest BCUT2D eigenvalue weighted by molar-refractivity contribution is -0.157. The molecule has 2 saturated carbocycles. The van der Waals surface area contributed by atoms with Gasteiger partial charge in [0.2, 0.25) is 0 Å². The van der Waals surface area contributed by atoms with E-state index >= 15 is 0 Å². The van der Waals surface area contributed by atoms with Crippen molar-refractivity contribution in [2.45, 2.75) is 83.4 Å². The van der Waals surface area contributed by atoms with Gasteiger partial charge in [-0.15, -0.1) is 0 Å². The third kappa shape index (κ3) is 2.93. The highest BCUT2D eigenvalue weighted by atomic mass is 16.5. The van der Waals surface area contributed by atoms with Crippen LogP contribution < -0.4 is 0 Å². The van der Waals surface area contributed by atoms with E-state index < -0.39 is 43.5 Å². The van der Waals surface area contributed by atoms with Crippen LogP contribution in [-0.2, 0) is 16.0 Å². The highest BCUT2D eigenvalue weighted by Gasteiger charge is 2.56. The Labute approximate surface area is 169 Å². The quantitative estimate of drug-likeness (QED) is 0.732. The SMILES string of the molecule is [2H]C([2H])([2H])C([2H])([2H])C([2H])([2H])C([2H])([2H])C(=O)O[C@H]1CC[C@H]2[C@@H]3CCc4cc(O)ccc4[C@H]3CC[C@]12C. The number of rotatable bonds is 4. The first kappa shape index (κ1) is 10.1. The number of phenols is 1. The van der Waals surface area contributed by atoms with E-state index in [1.165, 1.54) is 5.56 Å². The minimum Gasteiger partial charge on any atom is -0.508 e. The molecule has 0 spiro atoms. The second-order valence-electron chi connectivity index (χ2n) is 8.19. The summed E-state index contributed by atoms with van der Waals surface area (Å²) in [6, 6.07) is 5.53. The van der Waals surface area contributed by atoms with E-state index in [0.29, 0.717) is 18.3 Å². The molecular formula is C23H32O3. The molecule has 0 aromatic heterocycles. The summed E-state index contributed by atoms with van der Waals surface area (Å²) in [5, 5.41) is 9.85. The number of benzene rings is 1. The molecule has 1 aromatic rings. The zero-order valence-electron chi connectivity index (χ0n) is 24.0. The summed E-state index contributed by atoms with van der Waals surface area (Å²) in [4.78, 5) is 12.9. The fourth-order valence-corrected chi connectivity index (χ4v) is 5.96. The Morgan fingerprint density at radius 3 is 3.12 bits per heavy atom. The van der Waals surface area contributed by atoms with E-state index in [4.69, 9.17) is 17.1 Å². The first-order valence-corrected chi connectivity index (χ1v) is 9.48. The van der Waals surface area contributed by atoms with Crippen LogP contribution in [0.25, 0.3) is 0 Å². The molecule has 1 aromatic carbocycles. The number of hydrogen-bond donors (Lipinski definition) is 1. The van der Waals surface area contributed by atoms with Crippen LogP contribution in [0.1, 0.15) is 94.4 Å². The Bertz CT molecular complexity index is 1010. The van der Waals surface area contributed by atoms with Crippen LogP contribution in [0, 0.1) is 17.3 Å². The molecule has 0 amide bonds. The Kier molecular flexibility index (Phi) is 2.69. The van der Waals surface area contributed by atoms with E-state index in [2.05, 4.69) is 0 Å². The number of hydrogen-bond acceptors (Lipinski definition) is 3. The molecule has 4 rings (SSSR count). The summed E-state index contributed by atoms with van der Waals surface area (Å²) in [6.07, 6.45) is -6.79. The highest BCUT2D eigenvalue weighted by Crippen LogP contribution is 2.61. The minimum atomic E-state index is -3.64. The van der Waals surface area contributed by atoms with Gasteiger partial charge in [0.15, 0.2) is 0 Å². The van der Waals surface area contributed by atoms with Crippen LogP contribution in [0.4, 0.5) is 0 Å². The molecule has 142 valence electrons. The van der Waals surface area contributed by atoms with Gasteiger partial charge in [0.1, 0.15) is 11.9 Å². The maximum absolute atomic E-state index is 12.9. The van der Waals surface area contributed by atoms with Crippen LogP contribution >= 0.6 is 0 Å². The summed E-state index contributed by atoms with van der Waals surface area (Å²) in [6.45, 7) is -1.45. The smallest absolute Gasteiger partial charge is 0.306 e. The number of aromatic hydroxyl groups is 1. The fourth-order valence-electron chi connectivity index (χ4n) is 5.96. The lowest BCUT2D eigenvalue weighted by Gasteiger charge is -2.50. The van der Waals surface area contributed by atoms with Crippen molar-refractivity contribution in [1.82, 2.24) is 0 Å². The van der Waals surface area contributed by atoms with Gasteiger partial charge in [0.05, 0.1) is 0 Å². The van der Waals surface area contributed by atoms with Gasteiger partial charge in [-0.1, -0.05) is 26.2 Å². The third-order valence-electron chi connectivity index (χ3n) is 7.10. The van der Waals surface area contributed by atoms with Crippen molar-refractivity contribution in [2.24, 2.45) is 17.3 Å². The summed E-state index contributed by atoms with van der Waals surface area (Å²) in [5.74, 6) is -0.402. The Morgan fingerprint density at radius 2 is 2.27 bits per heavy atom. The maximum Gasteiger partial charge on any atom is 0.306 e. The van der Waals surface area contributed by atoms with Gasteiger partial charge in [-0.3, -0.25) is 4.79 Å². The maximum atomic E-state index is 12.9. The Morgan fingerprint density at radius 1 is 1.38 bits per heavy atom. The number of carbonyl (C=O) groups excluding carboxylic acids is 1. The standard InChI is InChI=1S/C23H32O3/c1-3-4-5-22(25)26-21-11-10-20-19-8-6-15-14-16(24)7-9-17(15)18(19)12-13-23(20,21)2/h7,9,14,18-21,24H,3-6,8,10-13H2,1-2H3/t18-,19-,20+,21+,23+/m1/s1/i1D3,3D2,4D2,5D2. The van der Waals surface area contributed by atoms with Crippen molar-refractivity contribution < 1.29 is 27.0 Å². The zero-order valence-corrected chi connectivity index (χ0v) is 15.0. The van der Waals surface area contributed by atoms with Crippen molar-refractivity contribution >= 4 is 5.97 Å². The number of fused-ring (bicyclic) bond motifs is 5. The molecule has 26 heavy (non-hydrogen) atoms. The molecule has 1 N–H and O–H groups in total. The van der Waals surface area contributed by atoms with E-state index in [-0.39, 0.29) is 11.7 Å². The molecule has 3 aliphatic carbocycles. The molecule has 0 unspecified atom stereocenters. The van der Waals surface area contributed by atoms with Crippen LogP contribution in [-0.4, -0.2) is 17.2 Å². The molecule has 5 atom stereocenters. The number of ether oxygens (including phenoxy) is 1. The third-order valence-corrected chi connectivity index (χ3v) is 7.10. The van der Waals surface area contributed by atoms with Gasteiger partial charge < -0.3 is 9.84 Å². The zero-order chi connectivity index (χ0) is 26.2. The van der Waals surface area contributed by atoms with Crippen LogP contribution in [0.2, 0.25) is 0 Å². The molecule has 3 aliphatic rings. The van der Waals surface area contributed by atoms with Gasteiger partial charge in [0.25, 0.3) is 0 Å². The normalized spacial score (nSPS) is 42.6. The second-order valence-corrected chi connectivity index (χ2v) is 8.19. The summed E-state index contributed by atoms with van der Waals surface area (Å²) in [7, 11) is 0. The molecule has 0 heterocycles. The Balaban J connectivity index is 1.54. The largest absolute Gasteiger partial charge is 0.508 e. The molecule has 3 nitrogen and oxygen atoms in total. The molecule has 0 aliphatic heterocycles. The van der Waals surface area contributed by atoms with Gasteiger partial charge in [0, 0.05) is 24.1 Å². The fraction of sp³-hybridized carbons (Fsp3) is 0.696. The summed E-state index contributed by atoms with van der Waals surface area (Å²) < 4.78 is 75.1. The van der Waals surface area contributed by atoms with E-state index in [9.17, 15) is 9.90 Å². The molecule has 0 radical (unpaired) electrons. The average molecular weight is 366 g/mol. The van der Waals surface area contributed by atoms with Crippen molar-refractivity contribution in [3.63, 3.8) is 0 Å². The van der Waals surface area contributed by atoms with Crippen molar-refractivity contribution in [1.29, 1.82) is 0 Å². The van der Waals surface area contributed by atoms with Crippen molar-refractivity contribution in [3.05, 3.63) is 29.3 Å². The van der Waals surface area contributed by atoms with Gasteiger partial charge in [-0.05, 0) is 85.9 Å². The number of carbonyl (C=O) groups is 1. The molecule has 0 saturated heterocycles. The molecular weight excluding hydrogens is 324 g/mol. The minimum absolute atomic E-state index is 0.220. The van der Waals surface area contributed by atoms with E-state index in [0.717, 1.165) is 37.7 Å². The van der Waals surface area contributed by atoms with Crippen LogP contribution in [0.15, 0.2) is 18.2 Å². The monoisotopic (exact) mass is 365 g/mol. The van der Waals surface area contributed by atoms with Gasteiger partial charge in [-0.25, -0.2) is 0 Å². The molecule has 2 fully saturated rings. The number of phenolic OH excluding ortho intramolecular Hbond substituents is 1. The lowest BCUT2D eigenvalue weighted by Crippen LogP contribution is -2.45. The topological polar surface area (TPSA) is 46.5 Å². The first-order valence-electron chi connectivity index (χ1n) is 14.0. The summed E-state index contributed by atoms with van der Waals surface area (Å²) >= 11 is 0. The predicted octanol–water partition coefficient (Wildman–Crippen LogP) is 5.35. The average Bonchev–Trinajstić information content (AvgIpc) is 3.08. The lowest BCUT2D eigenvalue weighted by atomic mass is 9.55. The molecule has 0 bridgehead atoms.